The highest BCUT2D eigenvalue weighted by atomic mass is 32.2. The number of nitrogens with one attached hydrogen (secondary N) is 1. The van der Waals surface area contributed by atoms with Gasteiger partial charge in [-0.15, -0.1) is 0 Å². The smallest absolute Gasteiger partial charge is 0.352 e. The van der Waals surface area contributed by atoms with Crippen molar-refractivity contribution in [1.82, 2.24) is 10.2 Å². The first-order chi connectivity index (χ1) is 14.9. The normalized spacial score (nSPS) is 33.8. The van der Waals surface area contributed by atoms with Crippen LogP contribution >= 0.6 is 11.8 Å². The van der Waals surface area contributed by atoms with Crippen molar-refractivity contribution < 1.29 is 19.1 Å². The molecule has 0 unspecified atom stereocenters. The Kier molecular flexibility index (Phi) is 6.64. The van der Waals surface area contributed by atoms with Crippen LogP contribution in [-0.4, -0.2) is 66.4 Å². The van der Waals surface area contributed by atoms with Crippen LogP contribution in [0.25, 0.3) is 0 Å². The third kappa shape index (κ3) is 4.10. The highest BCUT2D eigenvalue weighted by molar-refractivity contribution is 7.99. The molecule has 1 amide bonds. The van der Waals surface area contributed by atoms with Crippen LogP contribution in [0, 0.1) is 17.8 Å². The molecule has 8 heteroatoms. The molecule has 6 nitrogen and oxygen atoms in total. The predicted molar refractivity (Wildman–Crippen MR) is 131 cm³/mol. The lowest BCUT2D eigenvalue weighted by Crippen LogP contribution is -2.65. The summed E-state index contributed by atoms with van der Waals surface area (Å²) in [4.78, 5) is 27.3. The van der Waals surface area contributed by atoms with Crippen molar-refractivity contribution >= 4 is 32.0 Å². The number of carbonyl (C=O) groups is 2. The molecule has 180 valence electrons. The first-order valence-corrected chi connectivity index (χ1v) is 16.2. The number of amides is 1. The molecule has 2 saturated heterocycles. The highest BCUT2D eigenvalue weighted by Gasteiger charge is 2.63. The summed E-state index contributed by atoms with van der Waals surface area (Å²) < 4.78 is 6.62. The van der Waals surface area contributed by atoms with E-state index >= 15 is 0 Å². The molecule has 3 aliphatic heterocycles. The Morgan fingerprint density at radius 3 is 2.62 bits per heavy atom. The van der Waals surface area contributed by atoms with Crippen LogP contribution in [0.1, 0.15) is 53.4 Å². The lowest BCUT2D eigenvalue weighted by molar-refractivity contribution is -0.163. The van der Waals surface area contributed by atoms with Gasteiger partial charge in [-0.05, 0) is 62.4 Å². The van der Waals surface area contributed by atoms with Crippen LogP contribution in [-0.2, 0) is 14.0 Å². The number of carbonyl (C=O) groups excluding carboxylic acids is 1. The number of nitrogens with zero attached hydrogens (tertiary/aromatic N) is 1. The Morgan fingerprint density at radius 2 is 2.03 bits per heavy atom. The molecule has 0 radical (unpaired) electrons. The average molecular weight is 481 g/mol. The molecule has 0 spiro atoms. The maximum Gasteiger partial charge on any atom is 0.352 e. The van der Waals surface area contributed by atoms with Gasteiger partial charge in [0.15, 0.2) is 8.32 Å². The zero-order valence-corrected chi connectivity index (χ0v) is 22.3. The van der Waals surface area contributed by atoms with Gasteiger partial charge in [-0.3, -0.25) is 4.79 Å². The summed E-state index contributed by atoms with van der Waals surface area (Å²) >= 11 is 1.98. The molecule has 4 rings (SSSR count). The Bertz CT molecular complexity index is 802. The minimum Gasteiger partial charge on any atom is -0.477 e. The molecule has 0 aromatic carbocycles. The largest absolute Gasteiger partial charge is 0.477 e. The van der Waals surface area contributed by atoms with E-state index in [1.807, 2.05) is 18.7 Å². The topological polar surface area (TPSA) is 78.9 Å². The van der Waals surface area contributed by atoms with Crippen molar-refractivity contribution in [3.05, 3.63) is 11.3 Å². The van der Waals surface area contributed by atoms with E-state index in [2.05, 4.69) is 39.2 Å². The third-order valence-electron chi connectivity index (χ3n) is 8.57. The molecule has 4 aliphatic rings. The van der Waals surface area contributed by atoms with E-state index in [1.165, 1.54) is 6.42 Å². The first-order valence-electron chi connectivity index (χ1n) is 12.2. The zero-order chi connectivity index (χ0) is 23.4. The van der Waals surface area contributed by atoms with Crippen LogP contribution in [0.5, 0.6) is 0 Å². The standard InChI is InChI=1S/C24H40N2O4SSi/c1-14(30-32(5,6)24(2,3)4)18-20-17-9-7-8-15(13-31-16-10-11-25-12-16)19(17)21(23(28)29)26(20)22(18)27/h14-18,20,25H,7-13H2,1-6H3,(H,28,29)/t14-,15+,16+,17+,18-,20-/m1/s1. The van der Waals surface area contributed by atoms with Crippen molar-refractivity contribution in [3.63, 3.8) is 0 Å². The summed E-state index contributed by atoms with van der Waals surface area (Å²) in [5.74, 6) is 0.191. The summed E-state index contributed by atoms with van der Waals surface area (Å²) in [5.41, 5.74) is 1.36. The van der Waals surface area contributed by atoms with Gasteiger partial charge in [0.25, 0.3) is 0 Å². The first kappa shape index (κ1) is 24.3. The van der Waals surface area contributed by atoms with Crippen molar-refractivity contribution in [2.45, 2.75) is 88.9 Å². The van der Waals surface area contributed by atoms with E-state index in [1.54, 1.807) is 4.90 Å². The minimum atomic E-state index is -2.02. The van der Waals surface area contributed by atoms with E-state index in [9.17, 15) is 14.7 Å². The van der Waals surface area contributed by atoms with E-state index < -0.39 is 14.3 Å². The number of fused-ring (bicyclic) bond motifs is 3. The maximum absolute atomic E-state index is 13.3. The van der Waals surface area contributed by atoms with Gasteiger partial charge in [0.1, 0.15) is 5.70 Å². The molecule has 32 heavy (non-hydrogen) atoms. The van der Waals surface area contributed by atoms with Crippen LogP contribution in [0.2, 0.25) is 18.1 Å². The summed E-state index contributed by atoms with van der Waals surface area (Å²) in [6.45, 7) is 15.2. The molecule has 6 atom stereocenters. The van der Waals surface area contributed by atoms with Crippen molar-refractivity contribution in [2.24, 2.45) is 17.8 Å². The molecule has 0 aromatic heterocycles. The lowest BCUT2D eigenvalue weighted by Gasteiger charge is -2.50. The Labute approximate surface area is 198 Å². The fourth-order valence-electron chi connectivity index (χ4n) is 5.90. The second-order valence-corrected chi connectivity index (χ2v) is 17.7. The van der Waals surface area contributed by atoms with E-state index in [-0.39, 0.29) is 40.8 Å². The average Bonchev–Trinajstić information content (AvgIpc) is 3.29. The number of carboxylic acid groups (broad SMARTS) is 1. The Hall–Kier alpha value is -0.833. The number of thioether (sulfide) groups is 1. The van der Waals surface area contributed by atoms with Crippen LogP contribution in [0.15, 0.2) is 11.3 Å². The van der Waals surface area contributed by atoms with Gasteiger partial charge in [0.05, 0.1) is 18.1 Å². The maximum atomic E-state index is 13.3. The second-order valence-electron chi connectivity index (χ2n) is 11.6. The van der Waals surface area contributed by atoms with Crippen LogP contribution in [0.4, 0.5) is 0 Å². The molecular weight excluding hydrogens is 440 g/mol. The van der Waals surface area contributed by atoms with Crippen molar-refractivity contribution in [2.75, 3.05) is 18.8 Å². The number of hydrogen-bond donors (Lipinski definition) is 2. The zero-order valence-electron chi connectivity index (χ0n) is 20.4. The second kappa shape index (κ2) is 8.75. The molecule has 3 heterocycles. The monoisotopic (exact) mass is 480 g/mol. The van der Waals surface area contributed by atoms with Gasteiger partial charge >= 0.3 is 5.97 Å². The van der Waals surface area contributed by atoms with Crippen LogP contribution in [0.3, 0.4) is 0 Å². The predicted octanol–water partition coefficient (Wildman–Crippen LogP) is 4.09. The summed E-state index contributed by atoms with van der Waals surface area (Å²) in [5, 5.41) is 14.2. The molecule has 3 fully saturated rings. The van der Waals surface area contributed by atoms with E-state index in [4.69, 9.17) is 4.43 Å². The van der Waals surface area contributed by atoms with Gasteiger partial charge in [0.2, 0.25) is 5.91 Å². The van der Waals surface area contributed by atoms with Gasteiger partial charge in [-0.1, -0.05) is 27.2 Å². The SMILES string of the molecule is C[C@@H](O[Si](C)(C)C(C)(C)C)[C@H]1C(=O)N2C(C(=O)O)=C3[C@H](CS[C@H]4CCNC4)CCC[C@@H]3[C@H]12. The highest BCUT2D eigenvalue weighted by Crippen LogP contribution is 2.55. The third-order valence-corrected chi connectivity index (χ3v) is 14.6. The van der Waals surface area contributed by atoms with Gasteiger partial charge in [-0.25, -0.2) is 4.79 Å². The summed E-state index contributed by atoms with van der Waals surface area (Å²) in [7, 11) is -2.02. The fraction of sp³-hybridized carbons (Fsp3) is 0.833. The molecule has 2 N–H and O–H groups in total. The summed E-state index contributed by atoms with van der Waals surface area (Å²) in [6.07, 6.45) is 4.13. The number of carboxylic acids is 1. The van der Waals surface area contributed by atoms with Gasteiger partial charge < -0.3 is 19.7 Å². The Morgan fingerprint density at radius 1 is 1.31 bits per heavy atom. The quantitative estimate of drug-likeness (QED) is 0.422. The van der Waals surface area contributed by atoms with Gasteiger partial charge in [0, 0.05) is 23.5 Å². The van der Waals surface area contributed by atoms with Gasteiger partial charge in [-0.2, -0.15) is 11.8 Å². The fourth-order valence-corrected chi connectivity index (χ4v) is 8.70. The minimum absolute atomic E-state index is 0.0377. The van der Waals surface area contributed by atoms with Crippen molar-refractivity contribution in [1.29, 1.82) is 0 Å². The molecule has 1 aliphatic carbocycles. The number of aliphatic carboxylic acids is 1. The number of rotatable bonds is 7. The van der Waals surface area contributed by atoms with Crippen LogP contribution < -0.4 is 5.32 Å². The number of hydrogen-bond acceptors (Lipinski definition) is 5. The molecule has 0 bridgehead atoms. The molecular formula is C24H40N2O4SSi. The Balaban J connectivity index is 1.55. The summed E-state index contributed by atoms with van der Waals surface area (Å²) in [6, 6.07) is -0.0377. The lowest BCUT2D eigenvalue weighted by atomic mass is 9.70. The molecule has 0 aromatic rings. The van der Waals surface area contributed by atoms with Crippen molar-refractivity contribution in [3.8, 4) is 0 Å². The van der Waals surface area contributed by atoms with E-state index in [0.29, 0.717) is 10.9 Å². The molecule has 1 saturated carbocycles. The number of β-lactam (4-membered cyclic amide) rings is 1. The van der Waals surface area contributed by atoms with E-state index in [0.717, 1.165) is 43.7 Å².